The summed E-state index contributed by atoms with van der Waals surface area (Å²) >= 11 is 7.01. The van der Waals surface area contributed by atoms with E-state index in [0.717, 1.165) is 23.6 Å². The van der Waals surface area contributed by atoms with Crippen LogP contribution >= 0.6 is 22.9 Å². The van der Waals surface area contributed by atoms with Gasteiger partial charge in [0.1, 0.15) is 5.76 Å². The Bertz CT molecular complexity index is 1600. The van der Waals surface area contributed by atoms with Crippen molar-refractivity contribution in [3.05, 3.63) is 40.6 Å². The first kappa shape index (κ1) is 28.4. The van der Waals surface area contributed by atoms with Crippen molar-refractivity contribution in [1.82, 2.24) is 24.0 Å². The standard InChI is InChI=1S/C26H30ClN5O7S2/c1-29-5-4-19-20(15-29)39-24(28-19)25(35)32-7-6-31(14-17(32)13-22(33)30-8-10-38-11-9-30)41(36,37)26-23(34)18-3-2-16(27)12-21(18)40-26/h2-3,12,17,34H,4-11,13-15H2,1H3. The third kappa shape index (κ3) is 5.44. The lowest BCUT2D eigenvalue weighted by Crippen LogP contribution is -2.58. The van der Waals surface area contributed by atoms with Gasteiger partial charge in [0.05, 0.1) is 31.5 Å². The molecule has 0 radical (unpaired) electrons. The number of hydrogen-bond donors (Lipinski definition) is 1. The third-order valence-corrected chi connectivity index (χ3v) is 11.5. The molecule has 6 rings (SSSR count). The van der Waals surface area contributed by atoms with E-state index in [2.05, 4.69) is 9.88 Å². The zero-order chi connectivity index (χ0) is 28.9. The average Bonchev–Trinajstić information content (AvgIpc) is 3.53. The Morgan fingerprint density at radius 1 is 1.17 bits per heavy atom. The average molecular weight is 624 g/mol. The predicted octanol–water partition coefficient (Wildman–Crippen LogP) is 2.00. The fourth-order valence-corrected chi connectivity index (χ4v) is 8.88. The van der Waals surface area contributed by atoms with Gasteiger partial charge in [-0.05, 0) is 25.2 Å². The molecule has 0 aliphatic carbocycles. The molecule has 15 heteroatoms. The second kappa shape index (κ2) is 11.2. The maximum Gasteiger partial charge on any atom is 0.310 e. The summed E-state index contributed by atoms with van der Waals surface area (Å²) < 4.78 is 40.4. The molecule has 2 fully saturated rings. The van der Waals surface area contributed by atoms with Crippen LogP contribution in [-0.4, -0.2) is 115 Å². The lowest BCUT2D eigenvalue weighted by atomic mass is 10.1. The predicted molar refractivity (Wildman–Crippen MR) is 151 cm³/mol. The number of halogens is 1. The van der Waals surface area contributed by atoms with E-state index in [4.69, 9.17) is 20.8 Å². The number of aromatic hydroxyl groups is 1. The van der Waals surface area contributed by atoms with Gasteiger partial charge in [-0.15, -0.1) is 11.3 Å². The number of piperazine rings is 1. The number of amides is 2. The Morgan fingerprint density at radius 2 is 1.95 bits per heavy atom. The number of benzene rings is 1. The van der Waals surface area contributed by atoms with Crippen molar-refractivity contribution in [2.75, 3.05) is 59.5 Å². The molecule has 220 valence electrons. The zero-order valence-corrected chi connectivity index (χ0v) is 24.8. The molecular weight excluding hydrogens is 594 g/mol. The van der Waals surface area contributed by atoms with E-state index in [1.165, 1.54) is 9.21 Å². The summed E-state index contributed by atoms with van der Waals surface area (Å²) in [5.41, 5.74) is 0.744. The van der Waals surface area contributed by atoms with E-state index in [-0.39, 0.29) is 47.8 Å². The summed E-state index contributed by atoms with van der Waals surface area (Å²) in [6, 6.07) is 4.01. The molecule has 1 unspecified atom stereocenters. The van der Waals surface area contributed by atoms with E-state index in [1.54, 1.807) is 23.1 Å². The first-order valence-electron chi connectivity index (χ1n) is 13.4. The van der Waals surface area contributed by atoms with Crippen LogP contribution in [0, 0.1) is 0 Å². The number of rotatable bonds is 5. The van der Waals surface area contributed by atoms with Gasteiger partial charge in [-0.2, -0.15) is 4.31 Å². The Morgan fingerprint density at radius 3 is 2.73 bits per heavy atom. The van der Waals surface area contributed by atoms with Gasteiger partial charge in [-0.25, -0.2) is 13.4 Å². The van der Waals surface area contributed by atoms with E-state index in [9.17, 15) is 23.1 Å². The molecular formula is C26H30ClN5O7S2. The summed E-state index contributed by atoms with van der Waals surface area (Å²) in [5, 5.41) is 11.6. The number of oxazole rings is 1. The van der Waals surface area contributed by atoms with Crippen LogP contribution in [0.4, 0.5) is 0 Å². The molecule has 12 nitrogen and oxygen atoms in total. The molecule has 3 aromatic rings. The van der Waals surface area contributed by atoms with Crippen LogP contribution in [0.3, 0.4) is 0 Å². The molecule has 2 aromatic heterocycles. The number of carbonyl (C=O) groups is 2. The van der Waals surface area contributed by atoms with Gasteiger partial charge in [0, 0.05) is 67.2 Å². The minimum atomic E-state index is -4.15. The Kier molecular flexibility index (Phi) is 7.72. The first-order valence-corrected chi connectivity index (χ1v) is 16.0. The Labute approximate surface area is 246 Å². The first-order chi connectivity index (χ1) is 19.6. The van der Waals surface area contributed by atoms with Crippen LogP contribution in [0.2, 0.25) is 5.02 Å². The number of fused-ring (bicyclic) bond motifs is 2. The molecule has 2 amide bonds. The number of morpholine rings is 1. The molecule has 2 saturated heterocycles. The summed E-state index contributed by atoms with van der Waals surface area (Å²) in [5.74, 6) is -0.410. The van der Waals surface area contributed by atoms with Gasteiger partial charge in [-0.3, -0.25) is 14.5 Å². The summed E-state index contributed by atoms with van der Waals surface area (Å²) in [6.07, 6.45) is 0.590. The molecule has 1 atom stereocenters. The van der Waals surface area contributed by atoms with Crippen molar-refractivity contribution < 1.29 is 32.3 Å². The SMILES string of the molecule is CN1CCc2nc(C(=O)N3CCN(S(=O)(=O)c4sc5cc(Cl)ccc5c4O)CC3CC(=O)N3CCOCC3)oc2C1. The van der Waals surface area contributed by atoms with Crippen molar-refractivity contribution >= 4 is 54.9 Å². The van der Waals surface area contributed by atoms with E-state index >= 15 is 0 Å². The van der Waals surface area contributed by atoms with Gasteiger partial charge < -0.3 is 24.1 Å². The molecule has 5 heterocycles. The number of carbonyl (C=O) groups excluding carboxylic acids is 2. The van der Waals surface area contributed by atoms with Gasteiger partial charge in [0.25, 0.3) is 15.9 Å². The third-order valence-electron chi connectivity index (χ3n) is 7.75. The van der Waals surface area contributed by atoms with Crippen molar-refractivity contribution in [2.45, 2.75) is 29.6 Å². The molecule has 3 aliphatic heterocycles. The minimum Gasteiger partial charge on any atom is -0.505 e. The van der Waals surface area contributed by atoms with E-state index < -0.39 is 22.0 Å². The fourth-order valence-electron chi connectivity index (χ4n) is 5.49. The zero-order valence-electron chi connectivity index (χ0n) is 22.4. The van der Waals surface area contributed by atoms with Crippen LogP contribution in [0.5, 0.6) is 5.75 Å². The number of likely N-dealkylation sites (N-methyl/N-ethyl adjacent to an activating group) is 1. The molecule has 0 spiro atoms. The van der Waals surface area contributed by atoms with Crippen LogP contribution in [0.1, 0.15) is 28.6 Å². The lowest BCUT2D eigenvalue weighted by molar-refractivity contribution is -0.136. The minimum absolute atomic E-state index is 0.0199. The largest absolute Gasteiger partial charge is 0.505 e. The highest BCUT2D eigenvalue weighted by atomic mass is 35.5. The molecule has 3 aliphatic rings. The molecule has 1 aromatic carbocycles. The summed E-state index contributed by atoms with van der Waals surface area (Å²) in [7, 11) is -2.19. The van der Waals surface area contributed by atoms with Gasteiger partial charge in [-0.1, -0.05) is 11.6 Å². The second-order valence-corrected chi connectivity index (χ2v) is 14.1. The van der Waals surface area contributed by atoms with Crippen molar-refractivity contribution in [3.8, 4) is 5.75 Å². The van der Waals surface area contributed by atoms with Crippen molar-refractivity contribution in [2.24, 2.45) is 0 Å². The lowest BCUT2D eigenvalue weighted by Gasteiger charge is -2.40. The van der Waals surface area contributed by atoms with Gasteiger partial charge >= 0.3 is 5.91 Å². The number of thiophene rings is 1. The maximum absolute atomic E-state index is 13.8. The number of aromatic nitrogens is 1. The molecule has 0 saturated carbocycles. The monoisotopic (exact) mass is 623 g/mol. The van der Waals surface area contributed by atoms with Gasteiger partial charge in [0.15, 0.2) is 9.96 Å². The second-order valence-electron chi connectivity index (χ2n) is 10.5. The smallest absolute Gasteiger partial charge is 0.310 e. The fraction of sp³-hybridized carbons (Fsp3) is 0.500. The van der Waals surface area contributed by atoms with Crippen LogP contribution in [0.25, 0.3) is 10.1 Å². The van der Waals surface area contributed by atoms with E-state index in [0.29, 0.717) is 60.1 Å². The number of hydrogen-bond acceptors (Lipinski definition) is 10. The van der Waals surface area contributed by atoms with Crippen molar-refractivity contribution in [1.29, 1.82) is 0 Å². The van der Waals surface area contributed by atoms with Crippen molar-refractivity contribution in [3.63, 3.8) is 0 Å². The van der Waals surface area contributed by atoms with Crippen LogP contribution in [0.15, 0.2) is 26.8 Å². The van der Waals surface area contributed by atoms with Gasteiger partial charge in [0.2, 0.25) is 5.91 Å². The molecule has 0 bridgehead atoms. The van der Waals surface area contributed by atoms with E-state index in [1.807, 2.05) is 7.05 Å². The highest BCUT2D eigenvalue weighted by Crippen LogP contribution is 2.42. The Balaban J connectivity index is 1.28. The quantitative estimate of drug-likeness (QED) is 0.452. The number of ether oxygens (including phenoxy) is 1. The normalized spacial score (nSPS) is 20.9. The summed E-state index contributed by atoms with van der Waals surface area (Å²) in [4.78, 5) is 36.6. The van der Waals surface area contributed by atoms with Crippen LogP contribution < -0.4 is 0 Å². The summed E-state index contributed by atoms with van der Waals surface area (Å²) in [6.45, 7) is 2.94. The molecule has 1 N–H and O–H groups in total. The Hall–Kier alpha value is -2.75. The molecule has 41 heavy (non-hydrogen) atoms. The number of sulfonamides is 1. The van der Waals surface area contributed by atoms with Crippen LogP contribution in [-0.2, 0) is 32.5 Å². The highest BCUT2D eigenvalue weighted by molar-refractivity contribution is 7.91. The number of nitrogens with zero attached hydrogens (tertiary/aromatic N) is 5. The maximum atomic E-state index is 13.8. The highest BCUT2D eigenvalue weighted by Gasteiger charge is 2.41. The topological polar surface area (TPSA) is 137 Å².